The van der Waals surface area contributed by atoms with Gasteiger partial charge in [0.05, 0.1) is 4.88 Å². The minimum absolute atomic E-state index is 0.0253. The van der Waals surface area contributed by atoms with E-state index in [2.05, 4.69) is 28.1 Å². The lowest BCUT2D eigenvalue weighted by Crippen LogP contribution is -1.93. The van der Waals surface area contributed by atoms with Crippen LogP contribution in [0.3, 0.4) is 0 Å². The minimum atomic E-state index is -0.0253. The number of hydrogen-bond donors (Lipinski definition) is 0. The highest BCUT2D eigenvalue weighted by atomic mass is 79.9. The normalized spacial score (nSPS) is 11.1. The summed E-state index contributed by atoms with van der Waals surface area (Å²) in [5, 5.41) is 0. The van der Waals surface area contributed by atoms with Crippen molar-refractivity contribution >= 4 is 39.1 Å². The van der Waals surface area contributed by atoms with E-state index in [1.807, 2.05) is 66.7 Å². The van der Waals surface area contributed by atoms with E-state index in [9.17, 15) is 4.79 Å². The summed E-state index contributed by atoms with van der Waals surface area (Å²) in [4.78, 5) is 14.4. The zero-order valence-corrected chi connectivity index (χ0v) is 18.5. The maximum Gasteiger partial charge on any atom is 0.195 e. The predicted octanol–water partition coefficient (Wildman–Crippen LogP) is 7.17. The van der Waals surface area contributed by atoms with Crippen molar-refractivity contribution in [2.75, 3.05) is 0 Å². The maximum absolute atomic E-state index is 12.5. The molecule has 0 bridgehead atoms. The first-order valence-electron chi connectivity index (χ1n) is 9.48. The third-order valence-corrected chi connectivity index (χ3v) is 5.98. The molecule has 0 aliphatic rings. The van der Waals surface area contributed by atoms with Gasteiger partial charge >= 0.3 is 0 Å². The number of carbonyl (C=O) groups is 1. The van der Waals surface area contributed by atoms with Crippen molar-refractivity contribution < 1.29 is 13.9 Å². The smallest absolute Gasteiger partial charge is 0.195 e. The van der Waals surface area contributed by atoms with Crippen LogP contribution in [0.4, 0.5) is 0 Å². The molecule has 2 aromatic heterocycles. The second-order valence-electron chi connectivity index (χ2n) is 6.68. The number of furan rings is 1. The molecule has 2 aromatic carbocycles. The fourth-order valence-corrected chi connectivity index (χ4v) is 4.26. The first-order valence-corrected chi connectivity index (χ1v) is 11.1. The van der Waals surface area contributed by atoms with Crippen LogP contribution in [-0.4, -0.2) is 5.78 Å². The van der Waals surface area contributed by atoms with E-state index in [0.717, 1.165) is 21.5 Å². The summed E-state index contributed by atoms with van der Waals surface area (Å²) in [6, 6.07) is 25.5. The molecule has 0 spiro atoms. The quantitative estimate of drug-likeness (QED) is 0.199. The van der Waals surface area contributed by atoms with Crippen LogP contribution in [0.25, 0.3) is 6.08 Å². The first-order chi connectivity index (χ1) is 14.7. The van der Waals surface area contributed by atoms with Crippen LogP contribution in [0.2, 0.25) is 0 Å². The zero-order chi connectivity index (χ0) is 20.8. The van der Waals surface area contributed by atoms with Gasteiger partial charge in [0, 0.05) is 15.8 Å². The number of benzene rings is 2. The summed E-state index contributed by atoms with van der Waals surface area (Å²) in [6.07, 6.45) is 4.08. The molecule has 5 heteroatoms. The summed E-state index contributed by atoms with van der Waals surface area (Å²) in [6.45, 7) is 0.325. The molecule has 0 amide bonds. The maximum atomic E-state index is 12.5. The molecule has 0 saturated heterocycles. The molecule has 4 aromatic rings. The SMILES string of the molecule is O=C(/C=C/c1ccc(COc2cccc(Br)c2)o1)c1ccc(Cc2ccccc2)s1. The van der Waals surface area contributed by atoms with Gasteiger partial charge in [-0.3, -0.25) is 4.79 Å². The molecule has 0 saturated carbocycles. The van der Waals surface area contributed by atoms with Crippen molar-refractivity contribution in [2.45, 2.75) is 13.0 Å². The summed E-state index contributed by atoms with van der Waals surface area (Å²) < 4.78 is 12.4. The lowest BCUT2D eigenvalue weighted by molar-refractivity contribution is 0.105. The molecule has 0 radical (unpaired) electrons. The van der Waals surface area contributed by atoms with Gasteiger partial charge in [-0.15, -0.1) is 11.3 Å². The van der Waals surface area contributed by atoms with Gasteiger partial charge in [0.15, 0.2) is 5.78 Å². The number of ether oxygens (including phenoxy) is 1. The number of carbonyl (C=O) groups excluding carboxylic acids is 1. The van der Waals surface area contributed by atoms with Crippen molar-refractivity contribution in [2.24, 2.45) is 0 Å². The Hall–Kier alpha value is -2.89. The lowest BCUT2D eigenvalue weighted by atomic mass is 10.1. The third-order valence-electron chi connectivity index (χ3n) is 4.38. The van der Waals surface area contributed by atoms with E-state index < -0.39 is 0 Å². The van der Waals surface area contributed by atoms with E-state index in [0.29, 0.717) is 18.1 Å². The fraction of sp³-hybridized carbons (Fsp3) is 0.0800. The van der Waals surface area contributed by atoms with Gasteiger partial charge in [-0.25, -0.2) is 0 Å². The van der Waals surface area contributed by atoms with Crippen molar-refractivity contribution in [3.05, 3.63) is 116 Å². The highest BCUT2D eigenvalue weighted by Crippen LogP contribution is 2.22. The minimum Gasteiger partial charge on any atom is -0.486 e. The summed E-state index contributed by atoms with van der Waals surface area (Å²) in [5.74, 6) is 2.06. The van der Waals surface area contributed by atoms with Gasteiger partial charge in [0.25, 0.3) is 0 Å². The van der Waals surface area contributed by atoms with Crippen LogP contribution in [0.1, 0.15) is 31.6 Å². The van der Waals surface area contributed by atoms with Gasteiger partial charge in [-0.1, -0.05) is 52.3 Å². The summed E-state index contributed by atoms with van der Waals surface area (Å²) >= 11 is 4.95. The second-order valence-corrected chi connectivity index (χ2v) is 8.76. The Morgan fingerprint density at radius 1 is 1.00 bits per heavy atom. The molecule has 3 nitrogen and oxygen atoms in total. The molecule has 0 aliphatic carbocycles. The average molecular weight is 479 g/mol. The monoisotopic (exact) mass is 478 g/mol. The van der Waals surface area contributed by atoms with E-state index >= 15 is 0 Å². The number of hydrogen-bond acceptors (Lipinski definition) is 4. The van der Waals surface area contributed by atoms with Gasteiger partial charge < -0.3 is 9.15 Å². The molecule has 2 heterocycles. The van der Waals surface area contributed by atoms with Crippen molar-refractivity contribution in [3.8, 4) is 5.75 Å². The summed E-state index contributed by atoms with van der Waals surface area (Å²) in [7, 11) is 0. The average Bonchev–Trinajstić information content (AvgIpc) is 3.41. The number of thiophene rings is 1. The van der Waals surface area contributed by atoms with E-state index in [1.54, 1.807) is 12.2 Å². The van der Waals surface area contributed by atoms with Crippen LogP contribution in [-0.2, 0) is 13.0 Å². The molecule has 150 valence electrons. The van der Waals surface area contributed by atoms with Crippen LogP contribution in [0.5, 0.6) is 5.75 Å². The van der Waals surface area contributed by atoms with Gasteiger partial charge in [0.1, 0.15) is 23.9 Å². The summed E-state index contributed by atoms with van der Waals surface area (Å²) in [5.41, 5.74) is 1.24. The lowest BCUT2D eigenvalue weighted by Gasteiger charge is -2.03. The molecule has 4 rings (SSSR count). The molecule has 0 aliphatic heterocycles. The molecule has 0 unspecified atom stereocenters. The third kappa shape index (κ3) is 5.59. The molecule has 0 N–H and O–H groups in total. The number of ketones is 1. The van der Waals surface area contributed by atoms with E-state index in [1.165, 1.54) is 21.8 Å². The van der Waals surface area contributed by atoms with E-state index in [4.69, 9.17) is 9.15 Å². The standard InChI is InChI=1S/C25H19BrO3S/c26-19-7-4-8-21(16-19)28-17-22-10-9-20(29-22)11-13-24(27)25-14-12-23(30-25)15-18-5-2-1-3-6-18/h1-14,16H,15,17H2/b13-11+. The Kier molecular flexibility index (Phi) is 6.62. The second kappa shape index (κ2) is 9.74. The Labute approximate surface area is 187 Å². The first kappa shape index (κ1) is 20.4. The number of halogens is 1. The van der Waals surface area contributed by atoms with Crippen molar-refractivity contribution in [3.63, 3.8) is 0 Å². The van der Waals surface area contributed by atoms with E-state index in [-0.39, 0.29) is 5.78 Å². The van der Waals surface area contributed by atoms with Crippen LogP contribution >= 0.6 is 27.3 Å². The Bertz CT molecular complexity index is 1160. The van der Waals surface area contributed by atoms with Gasteiger partial charge in [-0.05, 0) is 60.2 Å². The van der Waals surface area contributed by atoms with Crippen molar-refractivity contribution in [1.29, 1.82) is 0 Å². The Morgan fingerprint density at radius 2 is 1.87 bits per heavy atom. The topological polar surface area (TPSA) is 39.4 Å². The molecule has 0 fully saturated rings. The number of allylic oxidation sites excluding steroid dienone is 1. The Balaban J connectivity index is 1.33. The van der Waals surface area contributed by atoms with Gasteiger partial charge in [0.2, 0.25) is 0 Å². The molecular formula is C25H19BrO3S. The van der Waals surface area contributed by atoms with Crippen LogP contribution < -0.4 is 4.74 Å². The number of rotatable bonds is 8. The van der Waals surface area contributed by atoms with Crippen LogP contribution in [0, 0.1) is 0 Å². The Morgan fingerprint density at radius 3 is 2.70 bits per heavy atom. The predicted molar refractivity (Wildman–Crippen MR) is 124 cm³/mol. The molecule has 0 atom stereocenters. The highest BCUT2D eigenvalue weighted by Gasteiger charge is 2.08. The molecule has 30 heavy (non-hydrogen) atoms. The van der Waals surface area contributed by atoms with Crippen LogP contribution in [0.15, 0.2) is 93.8 Å². The van der Waals surface area contributed by atoms with Gasteiger partial charge in [-0.2, -0.15) is 0 Å². The highest BCUT2D eigenvalue weighted by molar-refractivity contribution is 9.10. The van der Waals surface area contributed by atoms with Crippen molar-refractivity contribution in [1.82, 2.24) is 0 Å². The fourth-order valence-electron chi connectivity index (χ4n) is 2.92. The zero-order valence-electron chi connectivity index (χ0n) is 16.1. The molecular weight excluding hydrogens is 460 g/mol. The largest absolute Gasteiger partial charge is 0.486 e.